The Morgan fingerprint density at radius 3 is 2.92 bits per heavy atom. The van der Waals surface area contributed by atoms with E-state index in [1.807, 2.05) is 0 Å². The Morgan fingerprint density at radius 2 is 2.31 bits per heavy atom. The van der Waals surface area contributed by atoms with E-state index in [2.05, 4.69) is 19.9 Å². The second kappa shape index (κ2) is 3.15. The summed E-state index contributed by atoms with van der Waals surface area (Å²) in [5, 5.41) is 0.105. The van der Waals surface area contributed by atoms with E-state index < -0.39 is 0 Å². The number of rotatable bonds is 1. The molecule has 0 N–H and O–H groups in total. The Labute approximate surface area is 89.0 Å². The van der Waals surface area contributed by atoms with Gasteiger partial charge in [-0.15, -0.1) is 23.2 Å². The molecule has 2 aliphatic rings. The molecule has 1 nitrogen and oxygen atoms in total. The van der Waals surface area contributed by atoms with Gasteiger partial charge in [-0.1, -0.05) is 6.08 Å². The molecule has 3 unspecified atom stereocenters. The van der Waals surface area contributed by atoms with E-state index >= 15 is 0 Å². The highest BCUT2D eigenvalue weighted by molar-refractivity contribution is 6.22. The van der Waals surface area contributed by atoms with Crippen molar-refractivity contribution < 1.29 is 4.74 Å². The molecule has 2 rings (SSSR count). The molecule has 74 valence electrons. The van der Waals surface area contributed by atoms with Crippen LogP contribution < -0.4 is 0 Å². The fourth-order valence-corrected chi connectivity index (χ4v) is 3.17. The third-order valence-corrected chi connectivity index (χ3v) is 3.99. The predicted octanol–water partition coefficient (Wildman–Crippen LogP) is 2.96. The van der Waals surface area contributed by atoms with Crippen LogP contribution in [0.5, 0.6) is 0 Å². The second-order valence-electron chi connectivity index (χ2n) is 4.34. The van der Waals surface area contributed by atoms with Gasteiger partial charge in [0, 0.05) is 11.8 Å². The zero-order chi connectivity index (χ0) is 9.64. The average molecular weight is 221 g/mol. The highest BCUT2D eigenvalue weighted by Crippen LogP contribution is 2.47. The molecular formula is C10H14Cl2O. The summed E-state index contributed by atoms with van der Waals surface area (Å²) in [5.74, 6) is 0.975. The van der Waals surface area contributed by atoms with Gasteiger partial charge in [0.1, 0.15) is 0 Å². The van der Waals surface area contributed by atoms with E-state index in [1.165, 1.54) is 0 Å². The van der Waals surface area contributed by atoms with Gasteiger partial charge >= 0.3 is 0 Å². The summed E-state index contributed by atoms with van der Waals surface area (Å²) in [7, 11) is 0. The van der Waals surface area contributed by atoms with Crippen LogP contribution in [0.2, 0.25) is 0 Å². The van der Waals surface area contributed by atoms with Crippen LogP contribution in [0.4, 0.5) is 0 Å². The summed E-state index contributed by atoms with van der Waals surface area (Å²) in [5.41, 5.74) is 1.06. The van der Waals surface area contributed by atoms with Crippen molar-refractivity contribution in [3.05, 3.63) is 11.6 Å². The Morgan fingerprint density at radius 1 is 1.62 bits per heavy atom. The van der Waals surface area contributed by atoms with E-state index in [-0.39, 0.29) is 17.1 Å². The molecule has 0 saturated carbocycles. The quantitative estimate of drug-likeness (QED) is 0.488. The molecule has 0 aromatic rings. The van der Waals surface area contributed by atoms with Gasteiger partial charge in [0.2, 0.25) is 0 Å². The number of halogens is 2. The molecule has 3 heteroatoms. The van der Waals surface area contributed by atoms with Crippen molar-refractivity contribution in [2.75, 3.05) is 5.88 Å². The standard InChI is InChI=1S/C10H14Cl2O/c1-10(2)7-4-3-6(5-11)9(13-10)8(7)12/h3,7-9H,4-5H2,1-2H3. The summed E-state index contributed by atoms with van der Waals surface area (Å²) in [6, 6.07) is 0. The third-order valence-electron chi connectivity index (χ3n) is 3.15. The van der Waals surface area contributed by atoms with Gasteiger partial charge in [0.25, 0.3) is 0 Å². The Kier molecular flexibility index (Phi) is 2.38. The SMILES string of the molecule is CC1(C)OC2C(CCl)=CCC1C2Cl. The predicted molar refractivity (Wildman–Crippen MR) is 55.5 cm³/mol. The lowest BCUT2D eigenvalue weighted by atomic mass is 9.82. The van der Waals surface area contributed by atoms with E-state index in [0.29, 0.717) is 11.8 Å². The van der Waals surface area contributed by atoms with E-state index in [0.717, 1.165) is 12.0 Å². The zero-order valence-electron chi connectivity index (χ0n) is 7.89. The van der Waals surface area contributed by atoms with Crippen LogP contribution in [0.25, 0.3) is 0 Å². The molecule has 0 radical (unpaired) electrons. The Balaban J connectivity index is 2.28. The topological polar surface area (TPSA) is 9.23 Å². The van der Waals surface area contributed by atoms with E-state index in [4.69, 9.17) is 27.9 Å². The normalized spacial score (nSPS) is 41.8. The van der Waals surface area contributed by atoms with Crippen molar-refractivity contribution in [3.63, 3.8) is 0 Å². The van der Waals surface area contributed by atoms with Crippen LogP contribution in [0.3, 0.4) is 0 Å². The van der Waals surface area contributed by atoms with Gasteiger partial charge in [-0.05, 0) is 25.8 Å². The fraction of sp³-hybridized carbons (Fsp3) is 0.800. The highest BCUT2D eigenvalue weighted by atomic mass is 35.5. The summed E-state index contributed by atoms with van der Waals surface area (Å²) in [6.45, 7) is 4.22. The van der Waals surface area contributed by atoms with Crippen LogP contribution in [0.15, 0.2) is 11.6 Å². The first-order valence-corrected chi connectivity index (χ1v) is 5.60. The molecule has 1 aliphatic heterocycles. The van der Waals surface area contributed by atoms with Crippen LogP contribution >= 0.6 is 23.2 Å². The minimum absolute atomic E-state index is 0.0490. The van der Waals surface area contributed by atoms with E-state index in [9.17, 15) is 0 Å². The van der Waals surface area contributed by atoms with E-state index in [1.54, 1.807) is 0 Å². The van der Waals surface area contributed by atoms with Gasteiger partial charge in [-0.3, -0.25) is 0 Å². The summed E-state index contributed by atoms with van der Waals surface area (Å²) in [4.78, 5) is 0. The highest BCUT2D eigenvalue weighted by Gasteiger charge is 2.51. The Bertz CT molecular complexity index is 247. The second-order valence-corrected chi connectivity index (χ2v) is 5.11. The first-order valence-electron chi connectivity index (χ1n) is 4.63. The third kappa shape index (κ3) is 1.42. The lowest BCUT2D eigenvalue weighted by Crippen LogP contribution is -2.31. The first kappa shape index (κ1) is 9.82. The van der Waals surface area contributed by atoms with Gasteiger partial charge in [0.05, 0.1) is 17.1 Å². The number of allylic oxidation sites excluding steroid dienone is 1. The molecule has 1 aliphatic carbocycles. The monoisotopic (exact) mass is 220 g/mol. The maximum Gasteiger partial charge on any atom is 0.0971 e. The molecule has 0 spiro atoms. The van der Waals surface area contributed by atoms with Gasteiger partial charge in [0.15, 0.2) is 0 Å². The minimum Gasteiger partial charge on any atom is -0.366 e. The first-order chi connectivity index (χ1) is 6.06. The molecule has 1 fully saturated rings. The molecule has 13 heavy (non-hydrogen) atoms. The summed E-state index contributed by atoms with van der Waals surface area (Å²) < 4.78 is 5.90. The van der Waals surface area contributed by atoms with Crippen LogP contribution in [0.1, 0.15) is 20.3 Å². The minimum atomic E-state index is -0.0958. The lowest BCUT2D eigenvalue weighted by molar-refractivity contribution is -0.0134. The smallest absolute Gasteiger partial charge is 0.0971 e. The molecule has 0 aromatic carbocycles. The van der Waals surface area contributed by atoms with Crippen molar-refractivity contribution >= 4 is 23.2 Å². The van der Waals surface area contributed by atoms with Crippen LogP contribution in [0, 0.1) is 5.92 Å². The van der Waals surface area contributed by atoms with Gasteiger partial charge < -0.3 is 4.74 Å². The zero-order valence-corrected chi connectivity index (χ0v) is 9.40. The van der Waals surface area contributed by atoms with Crippen molar-refractivity contribution in [1.82, 2.24) is 0 Å². The maximum absolute atomic E-state index is 6.31. The number of hydrogen-bond acceptors (Lipinski definition) is 1. The van der Waals surface area contributed by atoms with Gasteiger partial charge in [-0.2, -0.15) is 0 Å². The van der Waals surface area contributed by atoms with Crippen molar-refractivity contribution in [2.45, 2.75) is 37.4 Å². The average Bonchev–Trinajstić information content (AvgIpc) is 2.24. The molecule has 2 bridgehead atoms. The fourth-order valence-electron chi connectivity index (χ4n) is 2.29. The van der Waals surface area contributed by atoms with Crippen LogP contribution in [-0.2, 0) is 4.74 Å². The molecule has 3 atom stereocenters. The number of ether oxygens (including phenoxy) is 1. The number of hydrogen-bond donors (Lipinski definition) is 0. The number of fused-ring (bicyclic) bond motifs is 2. The van der Waals surface area contributed by atoms with Crippen molar-refractivity contribution in [3.8, 4) is 0 Å². The molecular weight excluding hydrogens is 207 g/mol. The van der Waals surface area contributed by atoms with Gasteiger partial charge in [-0.25, -0.2) is 0 Å². The summed E-state index contributed by atoms with van der Waals surface area (Å²) in [6.07, 6.45) is 3.24. The lowest BCUT2D eigenvalue weighted by Gasteiger charge is -2.26. The summed E-state index contributed by atoms with van der Waals surface area (Å²) >= 11 is 12.1. The number of alkyl halides is 2. The molecule has 1 saturated heterocycles. The Hall–Kier alpha value is 0.280. The van der Waals surface area contributed by atoms with Crippen molar-refractivity contribution in [2.24, 2.45) is 5.92 Å². The maximum atomic E-state index is 6.31. The molecule has 1 heterocycles. The van der Waals surface area contributed by atoms with Crippen molar-refractivity contribution in [1.29, 1.82) is 0 Å². The molecule has 0 aromatic heterocycles. The largest absolute Gasteiger partial charge is 0.366 e. The van der Waals surface area contributed by atoms with Crippen LogP contribution in [-0.4, -0.2) is 23.0 Å². The molecule has 0 amide bonds.